The number of fused-ring (bicyclic) bond motifs is 1. The molecule has 0 aliphatic carbocycles. The summed E-state index contributed by atoms with van der Waals surface area (Å²) in [6.07, 6.45) is 8.45. The van der Waals surface area contributed by atoms with Gasteiger partial charge in [-0.05, 0) is 80.7 Å². The van der Waals surface area contributed by atoms with E-state index >= 15 is 0 Å². The van der Waals surface area contributed by atoms with Crippen LogP contribution in [0.3, 0.4) is 0 Å². The van der Waals surface area contributed by atoms with Gasteiger partial charge in [0, 0.05) is 57.2 Å². The van der Waals surface area contributed by atoms with Crippen LogP contribution in [0.5, 0.6) is 0 Å². The Morgan fingerprint density at radius 1 is 1.12 bits per heavy atom. The Kier molecular flexibility index (Phi) is 5.70. The number of halogens is 1. The highest BCUT2D eigenvalue weighted by Gasteiger charge is 2.24. The third-order valence-electron chi connectivity index (χ3n) is 6.63. The summed E-state index contributed by atoms with van der Waals surface area (Å²) in [6, 6.07) is 18.6. The molecule has 2 aromatic heterocycles. The van der Waals surface area contributed by atoms with Crippen molar-refractivity contribution in [3.63, 3.8) is 0 Å². The van der Waals surface area contributed by atoms with Gasteiger partial charge in [-0.3, -0.25) is 4.98 Å². The maximum Gasteiger partial charge on any atom is 0.0991 e. The van der Waals surface area contributed by atoms with E-state index in [0.29, 0.717) is 22.5 Å². The molecule has 1 aliphatic heterocycles. The molecule has 0 amide bonds. The van der Waals surface area contributed by atoms with Gasteiger partial charge < -0.3 is 9.88 Å². The van der Waals surface area contributed by atoms with Gasteiger partial charge in [0.1, 0.15) is 0 Å². The van der Waals surface area contributed by atoms with Gasteiger partial charge in [0.05, 0.1) is 11.6 Å². The third kappa shape index (κ3) is 3.90. The summed E-state index contributed by atoms with van der Waals surface area (Å²) >= 11 is 6.22. The Labute approximate surface area is 193 Å². The maximum absolute atomic E-state index is 9.51. The summed E-state index contributed by atoms with van der Waals surface area (Å²) in [5, 5.41) is 14.8. The zero-order valence-corrected chi connectivity index (χ0v) is 18.8. The number of aromatic nitrogens is 2. The molecule has 2 unspecified atom stereocenters. The zero-order valence-electron chi connectivity index (χ0n) is 18.1. The van der Waals surface area contributed by atoms with E-state index in [4.69, 9.17) is 11.6 Å². The Morgan fingerprint density at radius 3 is 2.78 bits per heavy atom. The van der Waals surface area contributed by atoms with E-state index in [1.807, 2.05) is 48.8 Å². The molecule has 4 aromatic rings. The minimum absolute atomic E-state index is 0.357. The number of nitrogens with zero attached hydrogens (tertiary/aromatic N) is 3. The molecule has 0 spiro atoms. The van der Waals surface area contributed by atoms with Crippen LogP contribution in [0.1, 0.15) is 31.4 Å². The molecule has 160 valence electrons. The number of piperidine rings is 1. The summed E-state index contributed by atoms with van der Waals surface area (Å²) in [7, 11) is 0. The van der Waals surface area contributed by atoms with Crippen LogP contribution < -0.4 is 5.32 Å². The van der Waals surface area contributed by atoms with Crippen molar-refractivity contribution in [1.82, 2.24) is 14.9 Å². The van der Waals surface area contributed by atoms with Crippen molar-refractivity contribution in [1.29, 1.82) is 5.26 Å². The van der Waals surface area contributed by atoms with Crippen molar-refractivity contribution >= 4 is 22.5 Å². The molecule has 1 aliphatic rings. The lowest BCUT2D eigenvalue weighted by Gasteiger charge is -2.30. The van der Waals surface area contributed by atoms with E-state index in [1.54, 1.807) is 0 Å². The molecule has 2 atom stereocenters. The lowest BCUT2D eigenvalue weighted by atomic mass is 9.92. The fourth-order valence-electron chi connectivity index (χ4n) is 4.82. The summed E-state index contributed by atoms with van der Waals surface area (Å²) in [5.74, 6) is 0.582. The van der Waals surface area contributed by atoms with Crippen molar-refractivity contribution in [2.45, 2.75) is 25.8 Å². The lowest BCUT2D eigenvalue weighted by molar-refractivity contribution is 0.284. The van der Waals surface area contributed by atoms with E-state index < -0.39 is 0 Å². The number of nitrogens with one attached hydrogen (secondary N) is 1. The minimum atomic E-state index is 0.357. The first kappa shape index (κ1) is 20.8. The Bertz CT molecular complexity index is 1310. The number of hydrogen-bond donors (Lipinski definition) is 1. The van der Waals surface area contributed by atoms with Crippen LogP contribution in [0.25, 0.3) is 33.2 Å². The predicted molar refractivity (Wildman–Crippen MR) is 131 cm³/mol. The molecule has 5 rings (SSSR count). The van der Waals surface area contributed by atoms with Crippen molar-refractivity contribution in [2.75, 3.05) is 13.1 Å². The average Bonchev–Trinajstić information content (AvgIpc) is 3.23. The molecule has 3 heterocycles. The van der Waals surface area contributed by atoms with Crippen molar-refractivity contribution in [2.24, 2.45) is 5.92 Å². The van der Waals surface area contributed by atoms with Gasteiger partial charge in [-0.15, -0.1) is 0 Å². The SMILES string of the molecule is CC(C1CCCNC1)n1cc(-c2cncc(-c3cccc(Cl)c3)c2)c2cc(C#N)ccc21. The van der Waals surface area contributed by atoms with Crippen LogP contribution in [-0.2, 0) is 0 Å². The summed E-state index contributed by atoms with van der Waals surface area (Å²) in [4.78, 5) is 4.53. The molecule has 1 N–H and O–H groups in total. The first-order chi connectivity index (χ1) is 15.6. The van der Waals surface area contributed by atoms with E-state index in [2.05, 4.69) is 46.2 Å². The molecule has 2 aromatic carbocycles. The van der Waals surface area contributed by atoms with Gasteiger partial charge in [-0.1, -0.05) is 23.7 Å². The van der Waals surface area contributed by atoms with Gasteiger partial charge in [-0.25, -0.2) is 0 Å². The number of nitriles is 1. The van der Waals surface area contributed by atoms with Crippen LogP contribution in [0.2, 0.25) is 5.02 Å². The average molecular weight is 441 g/mol. The van der Waals surface area contributed by atoms with Crippen LogP contribution in [0.15, 0.2) is 67.1 Å². The van der Waals surface area contributed by atoms with Crippen LogP contribution in [-0.4, -0.2) is 22.6 Å². The maximum atomic E-state index is 9.51. The van der Waals surface area contributed by atoms with Crippen molar-refractivity contribution in [3.8, 4) is 28.3 Å². The van der Waals surface area contributed by atoms with Gasteiger partial charge in [0.25, 0.3) is 0 Å². The molecular weight excluding hydrogens is 416 g/mol. The van der Waals surface area contributed by atoms with Crippen molar-refractivity contribution in [3.05, 3.63) is 77.7 Å². The molecular formula is C27H25ClN4. The minimum Gasteiger partial charge on any atom is -0.344 e. The third-order valence-corrected chi connectivity index (χ3v) is 6.86. The summed E-state index contributed by atoms with van der Waals surface area (Å²) in [5.41, 5.74) is 6.02. The number of benzene rings is 2. The predicted octanol–water partition coefficient (Wildman–Crippen LogP) is 6.46. The van der Waals surface area contributed by atoms with Crippen LogP contribution in [0, 0.1) is 17.2 Å². The highest BCUT2D eigenvalue weighted by atomic mass is 35.5. The molecule has 32 heavy (non-hydrogen) atoms. The number of pyridine rings is 1. The molecule has 1 saturated heterocycles. The van der Waals surface area contributed by atoms with Crippen LogP contribution >= 0.6 is 11.6 Å². The number of rotatable bonds is 4. The summed E-state index contributed by atoms with van der Waals surface area (Å²) < 4.78 is 2.38. The van der Waals surface area contributed by atoms with Gasteiger partial charge in [0.2, 0.25) is 0 Å². The second kappa shape index (κ2) is 8.78. The second-order valence-corrected chi connectivity index (χ2v) is 9.05. The van der Waals surface area contributed by atoms with Crippen LogP contribution in [0.4, 0.5) is 0 Å². The molecule has 0 radical (unpaired) electrons. The monoisotopic (exact) mass is 440 g/mol. The molecule has 4 nitrogen and oxygen atoms in total. The first-order valence-electron chi connectivity index (χ1n) is 11.1. The fourth-order valence-corrected chi connectivity index (χ4v) is 5.01. The van der Waals surface area contributed by atoms with Gasteiger partial charge in [0.15, 0.2) is 0 Å². The Morgan fingerprint density at radius 2 is 2.00 bits per heavy atom. The van der Waals surface area contributed by atoms with Gasteiger partial charge in [-0.2, -0.15) is 5.26 Å². The quantitative estimate of drug-likeness (QED) is 0.396. The topological polar surface area (TPSA) is 53.6 Å². The van der Waals surface area contributed by atoms with E-state index in [-0.39, 0.29) is 0 Å². The normalized spacial score (nSPS) is 17.2. The zero-order chi connectivity index (χ0) is 22.1. The Balaban J connectivity index is 1.64. The van der Waals surface area contributed by atoms with E-state index in [9.17, 15) is 5.26 Å². The largest absolute Gasteiger partial charge is 0.344 e. The number of hydrogen-bond acceptors (Lipinski definition) is 3. The molecule has 5 heteroatoms. The standard InChI is InChI=1S/C27H25ClN4/c1-18(21-5-3-9-30-14-21)32-17-26(25-10-19(13-29)7-8-27(25)32)23-11-22(15-31-16-23)20-4-2-6-24(28)12-20/h2,4,6-8,10-12,15-18,21,30H,3,5,9,14H2,1H3. The second-order valence-electron chi connectivity index (χ2n) is 8.61. The molecule has 1 fully saturated rings. The fraction of sp³-hybridized carbons (Fsp3) is 0.259. The van der Waals surface area contributed by atoms with E-state index in [0.717, 1.165) is 46.2 Å². The lowest BCUT2D eigenvalue weighted by Crippen LogP contribution is -2.34. The Hall–Kier alpha value is -3.13. The highest BCUT2D eigenvalue weighted by molar-refractivity contribution is 6.30. The highest BCUT2D eigenvalue weighted by Crippen LogP contribution is 2.37. The molecule has 0 saturated carbocycles. The molecule has 0 bridgehead atoms. The summed E-state index contributed by atoms with van der Waals surface area (Å²) in [6.45, 7) is 4.45. The first-order valence-corrected chi connectivity index (χ1v) is 11.5. The van der Waals surface area contributed by atoms with E-state index in [1.165, 1.54) is 12.8 Å². The van der Waals surface area contributed by atoms with Gasteiger partial charge >= 0.3 is 0 Å². The van der Waals surface area contributed by atoms with Crippen molar-refractivity contribution < 1.29 is 0 Å². The smallest absolute Gasteiger partial charge is 0.0991 e.